The van der Waals surface area contributed by atoms with Gasteiger partial charge in [0, 0.05) is 0 Å². The summed E-state index contributed by atoms with van der Waals surface area (Å²) in [4.78, 5) is 0. The first-order valence-electron chi connectivity index (χ1n) is 8.86. The van der Waals surface area contributed by atoms with Crippen molar-refractivity contribution in [3.63, 3.8) is 0 Å². The molecular formula is C21H29O3P. The van der Waals surface area contributed by atoms with Crippen LogP contribution in [0.5, 0.6) is 0 Å². The summed E-state index contributed by atoms with van der Waals surface area (Å²) in [6, 6.07) is 12.3. The van der Waals surface area contributed by atoms with Gasteiger partial charge in [-0.2, -0.15) is 0 Å². The maximum absolute atomic E-state index is 13.9. The Morgan fingerprint density at radius 2 is 1.08 bits per heavy atom. The molecule has 0 aliphatic heterocycles. The average molecular weight is 360 g/mol. The van der Waals surface area contributed by atoms with E-state index in [1.807, 2.05) is 26.0 Å². The first kappa shape index (κ1) is 19.9. The summed E-state index contributed by atoms with van der Waals surface area (Å²) in [5.41, 5.74) is 6.09. The lowest BCUT2D eigenvalue weighted by atomic mass is 9.91. The number of benzene rings is 2. The Morgan fingerprint density at radius 1 is 0.760 bits per heavy atom. The van der Waals surface area contributed by atoms with Crippen LogP contribution in [0.4, 0.5) is 0 Å². The van der Waals surface area contributed by atoms with Crippen LogP contribution in [0.1, 0.15) is 52.9 Å². The molecule has 0 aliphatic rings. The summed E-state index contributed by atoms with van der Waals surface area (Å²) in [7, 11) is -3.38. The lowest BCUT2D eigenvalue weighted by Crippen LogP contribution is -2.13. The van der Waals surface area contributed by atoms with Gasteiger partial charge in [-0.25, -0.2) is 0 Å². The van der Waals surface area contributed by atoms with Crippen LogP contribution in [-0.2, 0) is 13.6 Å². The third kappa shape index (κ3) is 4.06. The first-order chi connectivity index (χ1) is 11.9. The van der Waals surface area contributed by atoms with Gasteiger partial charge in [0.05, 0.1) is 13.2 Å². The molecule has 2 aromatic carbocycles. The fourth-order valence-electron chi connectivity index (χ4n) is 3.52. The minimum atomic E-state index is -3.38. The van der Waals surface area contributed by atoms with Crippen LogP contribution in [0.15, 0.2) is 36.4 Å². The van der Waals surface area contributed by atoms with Gasteiger partial charge in [0.2, 0.25) is 0 Å². The summed E-state index contributed by atoms with van der Waals surface area (Å²) < 4.78 is 25.5. The van der Waals surface area contributed by atoms with Gasteiger partial charge < -0.3 is 9.05 Å². The zero-order valence-corrected chi connectivity index (χ0v) is 17.0. The normalized spacial score (nSPS) is 12.0. The second kappa shape index (κ2) is 8.31. The summed E-state index contributed by atoms with van der Waals surface area (Å²) in [6.07, 6.45) is 0. The minimum Gasteiger partial charge on any atom is -0.308 e. The van der Waals surface area contributed by atoms with Gasteiger partial charge in [-0.05, 0) is 74.9 Å². The fourth-order valence-corrected chi connectivity index (χ4v) is 6.06. The molecule has 2 aromatic rings. The SMILES string of the molecule is CCOP(=O)(OCC)C(c1c(C)cccc1C)c1c(C)cccc1C. The molecule has 0 atom stereocenters. The number of hydrogen-bond acceptors (Lipinski definition) is 3. The van der Waals surface area contributed by atoms with Gasteiger partial charge in [-0.1, -0.05) is 36.4 Å². The Morgan fingerprint density at radius 3 is 1.36 bits per heavy atom. The minimum absolute atomic E-state index is 0.351. The molecule has 0 aromatic heterocycles. The molecule has 0 N–H and O–H groups in total. The Labute approximate surface area is 151 Å². The lowest BCUT2D eigenvalue weighted by molar-refractivity contribution is 0.215. The zero-order chi connectivity index (χ0) is 18.6. The molecule has 3 nitrogen and oxygen atoms in total. The summed E-state index contributed by atoms with van der Waals surface area (Å²) in [6.45, 7) is 12.7. The highest BCUT2D eigenvalue weighted by atomic mass is 31.2. The maximum Gasteiger partial charge on any atom is 0.342 e. The van der Waals surface area contributed by atoms with Gasteiger partial charge in [-0.3, -0.25) is 4.57 Å². The summed E-state index contributed by atoms with van der Waals surface area (Å²) in [5.74, 6) is 0. The van der Waals surface area contributed by atoms with Crippen molar-refractivity contribution < 1.29 is 13.6 Å². The average Bonchev–Trinajstić information content (AvgIpc) is 2.53. The number of hydrogen-bond donors (Lipinski definition) is 0. The second-order valence-electron chi connectivity index (χ2n) is 6.39. The topological polar surface area (TPSA) is 35.5 Å². The van der Waals surface area contributed by atoms with Crippen LogP contribution in [0, 0.1) is 27.7 Å². The van der Waals surface area contributed by atoms with Crippen molar-refractivity contribution in [1.29, 1.82) is 0 Å². The van der Waals surface area contributed by atoms with Crippen LogP contribution in [0.3, 0.4) is 0 Å². The van der Waals surface area contributed by atoms with Crippen molar-refractivity contribution >= 4 is 7.60 Å². The van der Waals surface area contributed by atoms with Gasteiger partial charge in [-0.15, -0.1) is 0 Å². The van der Waals surface area contributed by atoms with E-state index in [0.29, 0.717) is 13.2 Å². The third-order valence-electron chi connectivity index (χ3n) is 4.57. The number of aryl methyl sites for hydroxylation is 4. The lowest BCUT2D eigenvalue weighted by Gasteiger charge is -2.31. The van der Waals surface area contributed by atoms with Crippen LogP contribution < -0.4 is 0 Å². The molecule has 0 heterocycles. The Hall–Kier alpha value is -1.41. The monoisotopic (exact) mass is 360 g/mol. The van der Waals surface area contributed by atoms with E-state index in [-0.39, 0.29) is 0 Å². The van der Waals surface area contributed by atoms with E-state index >= 15 is 0 Å². The summed E-state index contributed by atoms with van der Waals surface area (Å²) in [5, 5.41) is 0. The van der Waals surface area contributed by atoms with Crippen molar-refractivity contribution in [2.45, 2.75) is 47.2 Å². The highest BCUT2D eigenvalue weighted by Crippen LogP contribution is 2.65. The zero-order valence-electron chi connectivity index (χ0n) is 16.1. The molecule has 0 fully saturated rings. The molecular weight excluding hydrogens is 331 g/mol. The highest BCUT2D eigenvalue weighted by Gasteiger charge is 2.41. The van der Waals surface area contributed by atoms with E-state index in [1.54, 1.807) is 0 Å². The quantitative estimate of drug-likeness (QED) is 0.545. The molecule has 136 valence electrons. The van der Waals surface area contributed by atoms with Gasteiger partial charge in [0.25, 0.3) is 0 Å². The van der Waals surface area contributed by atoms with Crippen molar-refractivity contribution in [3.8, 4) is 0 Å². The largest absolute Gasteiger partial charge is 0.342 e. The molecule has 0 radical (unpaired) electrons. The van der Waals surface area contributed by atoms with E-state index in [1.165, 1.54) is 0 Å². The molecule has 0 bridgehead atoms. The Bertz CT molecular complexity index is 681. The van der Waals surface area contributed by atoms with Crippen molar-refractivity contribution in [2.75, 3.05) is 13.2 Å². The molecule has 0 saturated heterocycles. The molecule has 2 rings (SSSR count). The van der Waals surface area contributed by atoms with Crippen LogP contribution in [0.25, 0.3) is 0 Å². The van der Waals surface area contributed by atoms with E-state index < -0.39 is 13.3 Å². The van der Waals surface area contributed by atoms with Gasteiger partial charge >= 0.3 is 7.60 Å². The fraction of sp³-hybridized carbons (Fsp3) is 0.429. The predicted octanol–water partition coefficient (Wildman–Crippen LogP) is 6.28. The van der Waals surface area contributed by atoms with E-state index in [2.05, 4.69) is 52.0 Å². The van der Waals surface area contributed by atoms with Crippen LogP contribution >= 0.6 is 7.60 Å². The van der Waals surface area contributed by atoms with Crippen molar-refractivity contribution in [1.82, 2.24) is 0 Å². The van der Waals surface area contributed by atoms with E-state index in [0.717, 1.165) is 33.4 Å². The highest BCUT2D eigenvalue weighted by molar-refractivity contribution is 7.54. The van der Waals surface area contributed by atoms with E-state index in [9.17, 15) is 4.57 Å². The third-order valence-corrected chi connectivity index (χ3v) is 6.95. The van der Waals surface area contributed by atoms with Crippen molar-refractivity contribution in [2.24, 2.45) is 0 Å². The molecule has 4 heteroatoms. The Kier molecular flexibility index (Phi) is 6.62. The van der Waals surface area contributed by atoms with Crippen LogP contribution in [-0.4, -0.2) is 13.2 Å². The van der Waals surface area contributed by atoms with Gasteiger partial charge in [0.1, 0.15) is 5.66 Å². The molecule has 0 unspecified atom stereocenters. The number of rotatable bonds is 7. The summed E-state index contributed by atoms with van der Waals surface area (Å²) >= 11 is 0. The molecule has 25 heavy (non-hydrogen) atoms. The molecule has 0 amide bonds. The molecule has 0 saturated carbocycles. The van der Waals surface area contributed by atoms with E-state index in [4.69, 9.17) is 9.05 Å². The standard InChI is InChI=1S/C21H29O3P/c1-7-23-25(22,24-8-2)21(19-15(3)11-9-12-16(19)4)20-17(5)13-10-14-18(20)6/h9-14,21H,7-8H2,1-6H3. The molecule has 0 spiro atoms. The first-order valence-corrected chi connectivity index (χ1v) is 10.5. The maximum atomic E-state index is 13.9. The van der Waals surface area contributed by atoms with Crippen molar-refractivity contribution in [3.05, 3.63) is 69.8 Å². The second-order valence-corrected chi connectivity index (χ2v) is 8.50. The van der Waals surface area contributed by atoms with Crippen LogP contribution in [0.2, 0.25) is 0 Å². The predicted molar refractivity (Wildman–Crippen MR) is 105 cm³/mol. The smallest absolute Gasteiger partial charge is 0.308 e. The Balaban J connectivity index is 2.83. The molecule has 0 aliphatic carbocycles. The van der Waals surface area contributed by atoms with Gasteiger partial charge in [0.15, 0.2) is 0 Å².